The van der Waals surface area contributed by atoms with Gasteiger partial charge in [-0.15, -0.1) is 0 Å². The number of anilines is 3. The van der Waals surface area contributed by atoms with Gasteiger partial charge < -0.3 is 26.0 Å². The Labute approximate surface area is 220 Å². The van der Waals surface area contributed by atoms with Crippen LogP contribution in [0.2, 0.25) is 0 Å². The third-order valence-electron chi connectivity index (χ3n) is 6.50. The molecule has 3 aromatic carbocycles. The topological polar surface area (TPSA) is 125 Å². The van der Waals surface area contributed by atoms with E-state index in [4.69, 9.17) is 15.8 Å². The van der Waals surface area contributed by atoms with E-state index >= 15 is 0 Å². The first-order chi connectivity index (χ1) is 18.5. The number of nitrogens with two attached hydrogens (primary N) is 1. The number of nitrogens with zero attached hydrogens (tertiary/aromatic N) is 4. The number of hydrogen-bond donors (Lipinski definition) is 3. The van der Waals surface area contributed by atoms with Crippen LogP contribution in [-0.2, 0) is 9.59 Å². The molecule has 9 heteroatoms. The number of piperazine rings is 1. The Hall–Kier alpha value is -4.76. The van der Waals surface area contributed by atoms with E-state index < -0.39 is 12.5 Å². The van der Waals surface area contributed by atoms with Crippen LogP contribution in [0.4, 0.5) is 17.3 Å². The molecule has 9 nitrogen and oxygen atoms in total. The van der Waals surface area contributed by atoms with Crippen LogP contribution in [0.15, 0.2) is 79.0 Å². The number of hydrogen-bond acceptors (Lipinski definition) is 7. The van der Waals surface area contributed by atoms with Gasteiger partial charge in [0.1, 0.15) is 6.61 Å². The molecule has 4 N–H and O–H groups in total. The van der Waals surface area contributed by atoms with Gasteiger partial charge >= 0.3 is 0 Å². The lowest BCUT2D eigenvalue weighted by Crippen LogP contribution is -2.49. The fourth-order valence-corrected chi connectivity index (χ4v) is 4.54. The molecule has 1 saturated heterocycles. The first-order valence-electron chi connectivity index (χ1n) is 12.3. The molecular weight excluding hydrogens is 480 g/mol. The minimum atomic E-state index is -0.492. The van der Waals surface area contributed by atoms with Gasteiger partial charge in [0.25, 0.3) is 0 Å². The molecule has 1 aromatic heterocycles. The molecular formula is C29H28N6O3. The van der Waals surface area contributed by atoms with Gasteiger partial charge in [0, 0.05) is 60.8 Å². The highest BCUT2D eigenvalue weighted by atomic mass is 16.3. The summed E-state index contributed by atoms with van der Waals surface area (Å²) in [4.78, 5) is 36.0. The molecule has 5 rings (SSSR count). The van der Waals surface area contributed by atoms with Crippen LogP contribution in [0, 0.1) is 0 Å². The van der Waals surface area contributed by atoms with E-state index in [9.17, 15) is 9.59 Å². The average molecular weight is 509 g/mol. The Balaban J connectivity index is 1.34. The Bertz CT molecular complexity index is 1490. The van der Waals surface area contributed by atoms with Crippen molar-refractivity contribution in [3.8, 4) is 11.1 Å². The Kier molecular flexibility index (Phi) is 7.28. The van der Waals surface area contributed by atoms with Gasteiger partial charge in [-0.25, -0.2) is 9.97 Å². The lowest BCUT2D eigenvalue weighted by Gasteiger charge is -2.35. The number of aromatic nitrogens is 2. The van der Waals surface area contributed by atoms with Crippen LogP contribution < -0.4 is 16.0 Å². The summed E-state index contributed by atoms with van der Waals surface area (Å²) in [5.74, 6) is -0.233. The van der Waals surface area contributed by atoms with Crippen molar-refractivity contribution in [2.24, 2.45) is 5.73 Å². The van der Waals surface area contributed by atoms with Gasteiger partial charge in [-0.3, -0.25) is 9.59 Å². The molecule has 0 spiro atoms. The van der Waals surface area contributed by atoms with Gasteiger partial charge in [0.15, 0.2) is 0 Å². The van der Waals surface area contributed by atoms with Crippen molar-refractivity contribution in [3.05, 3.63) is 84.6 Å². The van der Waals surface area contributed by atoms with E-state index in [1.54, 1.807) is 17.2 Å². The zero-order valence-electron chi connectivity index (χ0n) is 20.7. The smallest absolute Gasteiger partial charge is 0.248 e. The predicted molar refractivity (Wildman–Crippen MR) is 149 cm³/mol. The van der Waals surface area contributed by atoms with Crippen LogP contribution in [-0.4, -0.2) is 64.6 Å². The number of para-hydroxylation sites is 1. The number of aliphatic hydroxyl groups is 1. The maximum absolute atomic E-state index is 11.7. The average Bonchev–Trinajstić information content (AvgIpc) is 2.96. The zero-order valence-corrected chi connectivity index (χ0v) is 20.7. The second kappa shape index (κ2) is 11.1. The highest BCUT2D eigenvalue weighted by Gasteiger charge is 2.20. The number of nitrogens with one attached hydrogen (secondary N) is 1. The fourth-order valence-electron chi connectivity index (χ4n) is 4.54. The van der Waals surface area contributed by atoms with E-state index in [2.05, 4.69) is 15.2 Å². The molecule has 38 heavy (non-hydrogen) atoms. The maximum atomic E-state index is 11.7. The van der Waals surface area contributed by atoms with Crippen molar-refractivity contribution in [3.63, 3.8) is 0 Å². The van der Waals surface area contributed by atoms with Gasteiger partial charge in [0.2, 0.25) is 17.8 Å². The lowest BCUT2D eigenvalue weighted by atomic mass is 10.0. The highest BCUT2D eigenvalue weighted by molar-refractivity contribution is 5.95. The second-order valence-corrected chi connectivity index (χ2v) is 9.00. The van der Waals surface area contributed by atoms with E-state index in [-0.39, 0.29) is 5.91 Å². The third kappa shape index (κ3) is 5.63. The van der Waals surface area contributed by atoms with Gasteiger partial charge in [-0.2, -0.15) is 0 Å². The van der Waals surface area contributed by atoms with Crippen LogP contribution >= 0.6 is 0 Å². The molecule has 0 unspecified atom stereocenters. The number of primary amides is 1. The van der Waals surface area contributed by atoms with E-state index in [1.165, 1.54) is 6.08 Å². The molecule has 4 aromatic rings. The minimum Gasteiger partial charge on any atom is -0.387 e. The second-order valence-electron chi connectivity index (χ2n) is 9.00. The zero-order chi connectivity index (χ0) is 26.5. The first kappa shape index (κ1) is 24.9. The molecule has 1 aliphatic heterocycles. The first-order valence-corrected chi connectivity index (χ1v) is 12.3. The van der Waals surface area contributed by atoms with Crippen molar-refractivity contribution < 1.29 is 14.7 Å². The standard InChI is InChI=1S/C29H28N6O3/c30-26(37)12-7-20-3-1-4-21(17-20)25-6-2-5-22-18-31-29(33-28(22)25)32-23-8-10-24(11-9-23)34-13-15-35(16-14-34)27(38)19-36/h1-12,17-18,36H,13-16,19H2,(H2,30,37)(H,31,32,33). The van der Waals surface area contributed by atoms with Crippen LogP contribution in [0.3, 0.4) is 0 Å². The largest absolute Gasteiger partial charge is 0.387 e. The highest BCUT2D eigenvalue weighted by Crippen LogP contribution is 2.29. The minimum absolute atomic E-state index is 0.227. The SMILES string of the molecule is NC(=O)C=Cc1cccc(-c2cccc3cnc(Nc4ccc(N5CCN(C(=O)CO)CC5)cc4)nc23)c1. The Morgan fingerprint density at radius 1 is 1.00 bits per heavy atom. The fraction of sp³-hybridized carbons (Fsp3) is 0.172. The summed E-state index contributed by atoms with van der Waals surface area (Å²) in [6.45, 7) is 2.18. The number of benzene rings is 3. The summed E-state index contributed by atoms with van der Waals surface area (Å²) in [6, 6.07) is 21.8. The summed E-state index contributed by atoms with van der Waals surface area (Å²) in [6.07, 6.45) is 4.83. The van der Waals surface area contributed by atoms with Gasteiger partial charge in [-0.1, -0.05) is 36.4 Å². The number of amides is 2. The van der Waals surface area contributed by atoms with Crippen LogP contribution in [0.5, 0.6) is 0 Å². The maximum Gasteiger partial charge on any atom is 0.248 e. The summed E-state index contributed by atoms with van der Waals surface area (Å²) in [5, 5.41) is 13.3. The van der Waals surface area contributed by atoms with Gasteiger partial charge in [0.05, 0.1) is 5.52 Å². The van der Waals surface area contributed by atoms with E-state index in [0.717, 1.165) is 39.0 Å². The molecule has 0 saturated carbocycles. The monoisotopic (exact) mass is 508 g/mol. The molecule has 1 fully saturated rings. The van der Waals surface area contributed by atoms with Gasteiger partial charge in [-0.05, 0) is 47.5 Å². The lowest BCUT2D eigenvalue weighted by molar-refractivity contribution is -0.134. The number of aliphatic hydroxyl groups excluding tert-OH is 1. The molecule has 192 valence electrons. The van der Waals surface area contributed by atoms with E-state index in [0.29, 0.717) is 32.1 Å². The van der Waals surface area contributed by atoms with Crippen LogP contribution in [0.25, 0.3) is 28.1 Å². The summed E-state index contributed by atoms with van der Waals surface area (Å²) in [7, 11) is 0. The summed E-state index contributed by atoms with van der Waals surface area (Å²) < 4.78 is 0. The van der Waals surface area contributed by atoms with Crippen LogP contribution in [0.1, 0.15) is 5.56 Å². The van der Waals surface area contributed by atoms with Crippen molar-refractivity contribution in [2.75, 3.05) is 43.0 Å². The molecule has 0 atom stereocenters. The molecule has 0 bridgehead atoms. The number of carbonyl (C=O) groups excluding carboxylic acids is 2. The summed E-state index contributed by atoms with van der Waals surface area (Å²) in [5.41, 5.74) is 10.8. The van der Waals surface area contributed by atoms with E-state index in [1.807, 2.05) is 66.7 Å². The van der Waals surface area contributed by atoms with Crippen molar-refractivity contribution >= 4 is 46.1 Å². The van der Waals surface area contributed by atoms with Crippen molar-refractivity contribution in [1.82, 2.24) is 14.9 Å². The van der Waals surface area contributed by atoms with Crippen molar-refractivity contribution in [2.45, 2.75) is 0 Å². The summed E-state index contributed by atoms with van der Waals surface area (Å²) >= 11 is 0. The normalized spacial score (nSPS) is 13.7. The quantitative estimate of drug-likeness (QED) is 0.328. The molecule has 2 heterocycles. The molecule has 0 aliphatic carbocycles. The third-order valence-corrected chi connectivity index (χ3v) is 6.50. The molecule has 1 aliphatic rings. The predicted octanol–water partition coefficient (Wildman–Crippen LogP) is 3.18. The number of fused-ring (bicyclic) bond motifs is 1. The number of carbonyl (C=O) groups is 2. The Morgan fingerprint density at radius 3 is 2.50 bits per heavy atom. The Morgan fingerprint density at radius 2 is 1.76 bits per heavy atom. The van der Waals surface area contributed by atoms with Crippen molar-refractivity contribution in [1.29, 1.82) is 0 Å². The molecule has 0 radical (unpaired) electrons. The number of rotatable bonds is 7. The molecule has 2 amide bonds.